The quantitative estimate of drug-likeness (QED) is 0.187. The standard InChI is InChI=1S/C19H21N5O7S3/c1-12-10-15(21-20-12)24-17(26)13(22(19(24)32)5-7-30-8-6-25)2-3-16-23(11-34(27,28)29)18-14(31-16)4-9-33-18/h2-4,9-10,25H,5-8,11H2,1H3,(H,20,21)(H,27,28,29)/b13-2-,16-3+. The molecule has 0 aromatic carbocycles. The monoisotopic (exact) mass is 527 g/mol. The predicted octanol–water partition coefficient (Wildman–Crippen LogP) is 1.19. The van der Waals surface area contributed by atoms with Crippen molar-refractivity contribution in [3.63, 3.8) is 0 Å². The van der Waals surface area contributed by atoms with Crippen LogP contribution in [0.15, 0.2) is 41.2 Å². The average Bonchev–Trinajstić information content (AvgIpc) is 3.50. The van der Waals surface area contributed by atoms with E-state index in [1.54, 1.807) is 29.3 Å². The third-order valence-corrected chi connectivity index (χ3v) is 6.67. The highest BCUT2D eigenvalue weighted by atomic mass is 32.2. The van der Waals surface area contributed by atoms with Gasteiger partial charge in [0.1, 0.15) is 10.7 Å². The Morgan fingerprint density at radius 3 is 2.79 bits per heavy atom. The molecule has 3 N–H and O–H groups in total. The van der Waals surface area contributed by atoms with Crippen LogP contribution in [0.3, 0.4) is 0 Å². The second-order valence-corrected chi connectivity index (χ2v) is 9.89. The van der Waals surface area contributed by atoms with Crippen LogP contribution in [0.4, 0.5) is 10.8 Å². The molecule has 0 bridgehead atoms. The minimum absolute atomic E-state index is 0.122. The predicted molar refractivity (Wildman–Crippen MR) is 128 cm³/mol. The second-order valence-electron chi connectivity index (χ2n) is 7.21. The topological polar surface area (TPSA) is 149 Å². The number of hydrogen-bond donors (Lipinski definition) is 3. The van der Waals surface area contributed by atoms with Crippen molar-refractivity contribution in [2.45, 2.75) is 6.92 Å². The summed E-state index contributed by atoms with van der Waals surface area (Å²) < 4.78 is 43.5. The lowest BCUT2D eigenvalue weighted by Gasteiger charge is -2.19. The molecule has 0 aliphatic carbocycles. The Balaban J connectivity index is 1.66. The van der Waals surface area contributed by atoms with Crippen molar-refractivity contribution < 1.29 is 32.3 Å². The average molecular weight is 528 g/mol. The van der Waals surface area contributed by atoms with E-state index in [9.17, 15) is 17.8 Å². The molecule has 0 spiro atoms. The van der Waals surface area contributed by atoms with E-state index in [2.05, 4.69) is 10.2 Å². The van der Waals surface area contributed by atoms with Gasteiger partial charge in [0.05, 0.1) is 19.8 Å². The van der Waals surface area contributed by atoms with Crippen LogP contribution in [0.2, 0.25) is 0 Å². The Labute approximate surface area is 204 Å². The number of nitrogens with zero attached hydrogens (tertiary/aromatic N) is 4. The van der Waals surface area contributed by atoms with Crippen LogP contribution in [0.25, 0.3) is 0 Å². The van der Waals surface area contributed by atoms with Gasteiger partial charge >= 0.3 is 0 Å². The fourth-order valence-electron chi connectivity index (χ4n) is 3.35. The Hall–Kier alpha value is -2.82. The lowest BCUT2D eigenvalue weighted by atomic mass is 10.3. The molecule has 1 saturated heterocycles. The number of amides is 1. The van der Waals surface area contributed by atoms with E-state index in [1.165, 1.54) is 33.3 Å². The molecular formula is C19H21N5O7S3. The molecule has 4 rings (SSSR count). The first-order valence-electron chi connectivity index (χ1n) is 9.96. The molecule has 0 unspecified atom stereocenters. The smallest absolute Gasteiger partial charge is 0.283 e. The van der Waals surface area contributed by atoms with Crippen LogP contribution in [0.1, 0.15) is 5.69 Å². The van der Waals surface area contributed by atoms with E-state index in [0.29, 0.717) is 16.6 Å². The van der Waals surface area contributed by atoms with Gasteiger partial charge in [-0.05, 0) is 36.7 Å². The van der Waals surface area contributed by atoms with E-state index in [1.807, 2.05) is 0 Å². The van der Waals surface area contributed by atoms with Crippen LogP contribution in [0, 0.1) is 6.92 Å². The van der Waals surface area contributed by atoms with E-state index in [-0.39, 0.29) is 43.1 Å². The number of aliphatic hydroxyl groups excluding tert-OH is 1. The largest absolute Gasteiger partial charge is 0.438 e. The Morgan fingerprint density at radius 1 is 1.32 bits per heavy atom. The SMILES string of the molecule is Cc1cc(N2C(=O)/C(=C/C=C3/Oc4ccsc4N3CS(=O)(=O)O)N(CCOCCO)C2=S)n[nH]1. The Morgan fingerprint density at radius 2 is 2.12 bits per heavy atom. The maximum Gasteiger partial charge on any atom is 0.283 e. The summed E-state index contributed by atoms with van der Waals surface area (Å²) in [5, 5.41) is 18.3. The van der Waals surface area contributed by atoms with Gasteiger partial charge in [-0.1, -0.05) is 0 Å². The number of aromatic amines is 1. The van der Waals surface area contributed by atoms with E-state index < -0.39 is 21.9 Å². The number of rotatable bonds is 9. The van der Waals surface area contributed by atoms with Crippen molar-refractivity contribution in [1.29, 1.82) is 0 Å². The van der Waals surface area contributed by atoms with Gasteiger partial charge in [0, 0.05) is 24.4 Å². The van der Waals surface area contributed by atoms with Gasteiger partial charge in [-0.15, -0.1) is 11.3 Å². The number of hydrogen-bond acceptors (Lipinski definition) is 10. The number of nitrogens with one attached hydrogen (secondary N) is 1. The van der Waals surface area contributed by atoms with Gasteiger partial charge in [0.15, 0.2) is 22.6 Å². The number of H-pyrrole nitrogens is 1. The molecule has 4 heterocycles. The number of thiophene rings is 1. The summed E-state index contributed by atoms with van der Waals surface area (Å²) in [5.41, 5.74) is 0.936. The van der Waals surface area contributed by atoms with Crippen molar-refractivity contribution >= 4 is 55.5 Å². The van der Waals surface area contributed by atoms with Gasteiger partial charge in [-0.3, -0.25) is 19.3 Å². The number of aliphatic hydroxyl groups is 1. The summed E-state index contributed by atoms with van der Waals surface area (Å²) in [6.45, 7) is 2.21. The fourth-order valence-corrected chi connectivity index (χ4v) is 5.21. The van der Waals surface area contributed by atoms with Crippen molar-refractivity contribution in [3.8, 4) is 5.75 Å². The van der Waals surface area contributed by atoms with Gasteiger partial charge in [0.2, 0.25) is 5.88 Å². The highest BCUT2D eigenvalue weighted by Gasteiger charge is 2.40. The number of fused-ring (bicyclic) bond motifs is 1. The van der Waals surface area contributed by atoms with Gasteiger partial charge in [0.25, 0.3) is 16.0 Å². The summed E-state index contributed by atoms with van der Waals surface area (Å²) in [4.78, 5) is 17.4. The molecule has 2 aliphatic rings. The maximum atomic E-state index is 13.3. The lowest BCUT2D eigenvalue weighted by Crippen LogP contribution is -2.34. The van der Waals surface area contributed by atoms with Gasteiger partial charge in [-0.25, -0.2) is 4.90 Å². The Kier molecular flexibility index (Phi) is 7.01. The van der Waals surface area contributed by atoms with Crippen LogP contribution < -0.4 is 14.5 Å². The zero-order valence-corrected chi connectivity index (χ0v) is 20.3. The van der Waals surface area contributed by atoms with Crippen molar-refractivity contribution in [2.24, 2.45) is 0 Å². The molecule has 0 saturated carbocycles. The molecule has 1 fully saturated rings. The molecule has 0 atom stereocenters. The van der Waals surface area contributed by atoms with Gasteiger partial charge < -0.3 is 19.5 Å². The van der Waals surface area contributed by atoms with Crippen LogP contribution in [0.5, 0.6) is 5.75 Å². The number of anilines is 2. The normalized spacial score (nSPS) is 18.5. The summed E-state index contributed by atoms with van der Waals surface area (Å²) >= 11 is 6.78. The molecule has 12 nitrogen and oxygen atoms in total. The number of aromatic nitrogens is 2. The first-order chi connectivity index (χ1) is 16.2. The number of carbonyl (C=O) groups is 1. The molecule has 182 valence electrons. The van der Waals surface area contributed by atoms with E-state index in [0.717, 1.165) is 5.69 Å². The first kappa shape index (κ1) is 24.3. The number of aryl methyl sites for hydroxylation is 1. The number of carbonyl (C=O) groups excluding carboxylic acids is 1. The minimum atomic E-state index is -4.35. The van der Waals surface area contributed by atoms with E-state index in [4.69, 9.17) is 26.8 Å². The molecule has 0 radical (unpaired) electrons. The molecule has 2 aliphatic heterocycles. The lowest BCUT2D eigenvalue weighted by molar-refractivity contribution is -0.114. The molecule has 2 aromatic rings. The number of allylic oxidation sites excluding steroid dienone is 2. The number of ether oxygens (including phenoxy) is 2. The van der Waals surface area contributed by atoms with Crippen molar-refractivity contribution in [3.05, 3.63) is 46.9 Å². The third kappa shape index (κ3) is 4.98. The van der Waals surface area contributed by atoms with E-state index >= 15 is 0 Å². The van der Waals surface area contributed by atoms with Crippen LogP contribution in [-0.4, -0.2) is 76.4 Å². The summed E-state index contributed by atoms with van der Waals surface area (Å²) in [6, 6.07) is 3.35. The summed E-state index contributed by atoms with van der Waals surface area (Å²) in [6.07, 6.45) is 2.90. The summed E-state index contributed by atoms with van der Waals surface area (Å²) in [7, 11) is -4.35. The molecule has 1 amide bonds. The highest BCUT2D eigenvalue weighted by Crippen LogP contribution is 2.43. The molecule has 2 aromatic heterocycles. The van der Waals surface area contributed by atoms with Gasteiger partial charge in [-0.2, -0.15) is 13.5 Å². The molecule has 15 heteroatoms. The summed E-state index contributed by atoms with van der Waals surface area (Å²) in [5.74, 6) is -0.258. The van der Waals surface area contributed by atoms with Crippen LogP contribution in [-0.2, 0) is 19.6 Å². The molecule has 34 heavy (non-hydrogen) atoms. The maximum absolute atomic E-state index is 13.3. The van der Waals surface area contributed by atoms with Crippen LogP contribution >= 0.6 is 23.6 Å². The van der Waals surface area contributed by atoms with Crippen molar-refractivity contribution in [1.82, 2.24) is 15.1 Å². The zero-order valence-electron chi connectivity index (χ0n) is 17.9. The molecular weight excluding hydrogens is 506 g/mol. The van der Waals surface area contributed by atoms with Crippen molar-refractivity contribution in [2.75, 3.05) is 42.0 Å². The zero-order chi connectivity index (χ0) is 24.5. The minimum Gasteiger partial charge on any atom is -0.438 e. The highest BCUT2D eigenvalue weighted by molar-refractivity contribution is 7.85. The first-order valence-corrected chi connectivity index (χ1v) is 12.9. The fraction of sp³-hybridized carbons (Fsp3) is 0.316. The Bertz CT molecular complexity index is 1270. The second kappa shape index (κ2) is 9.81. The third-order valence-electron chi connectivity index (χ3n) is 4.76. The number of thiocarbonyl (C=S) groups is 1.